The largest absolute Gasteiger partial charge is 0.462 e. The molecule has 0 radical (unpaired) electrons. The Morgan fingerprint density at radius 2 is 1.70 bits per heavy atom. The monoisotopic (exact) mass is 375 g/mol. The van der Waals surface area contributed by atoms with E-state index < -0.39 is 23.6 Å². The first-order chi connectivity index (χ1) is 12.8. The van der Waals surface area contributed by atoms with Crippen molar-refractivity contribution in [3.63, 3.8) is 0 Å². The van der Waals surface area contributed by atoms with E-state index in [0.717, 1.165) is 0 Å². The SMILES string of the molecule is O=C(NC1=C(c2ccccc2)c2ccccc2OC1(O)C(F)(F)F)C1CC1. The van der Waals surface area contributed by atoms with E-state index in [-0.39, 0.29) is 17.2 Å². The Morgan fingerprint density at radius 1 is 1.07 bits per heavy atom. The number of carbonyl (C=O) groups excluding carboxylic acids is 1. The van der Waals surface area contributed by atoms with Gasteiger partial charge in [-0.2, -0.15) is 13.2 Å². The minimum atomic E-state index is -5.16. The molecule has 1 heterocycles. The summed E-state index contributed by atoms with van der Waals surface area (Å²) in [5.74, 6) is -4.66. The van der Waals surface area contributed by atoms with Crippen molar-refractivity contribution >= 4 is 11.5 Å². The average Bonchev–Trinajstić information content (AvgIpc) is 3.47. The topological polar surface area (TPSA) is 58.6 Å². The van der Waals surface area contributed by atoms with Gasteiger partial charge < -0.3 is 15.2 Å². The third-order valence-electron chi connectivity index (χ3n) is 4.65. The summed E-state index contributed by atoms with van der Waals surface area (Å²) >= 11 is 0. The molecular formula is C20H16F3NO3. The Morgan fingerprint density at radius 3 is 2.33 bits per heavy atom. The van der Waals surface area contributed by atoms with E-state index in [9.17, 15) is 23.1 Å². The standard InChI is InChI=1S/C20H16F3NO3/c21-20(22,23)19(26)17(24-18(25)13-10-11-13)16(12-6-2-1-3-7-12)14-8-4-5-9-15(14)27-19/h1-9,13,26H,10-11H2,(H,24,25). The molecule has 1 unspecified atom stereocenters. The van der Waals surface area contributed by atoms with Crippen molar-refractivity contribution in [1.29, 1.82) is 0 Å². The lowest BCUT2D eigenvalue weighted by Gasteiger charge is -2.38. The second-order valence-corrected chi connectivity index (χ2v) is 6.62. The fourth-order valence-electron chi connectivity index (χ4n) is 3.10. The van der Waals surface area contributed by atoms with Gasteiger partial charge in [-0.05, 0) is 24.5 Å². The fourth-order valence-corrected chi connectivity index (χ4v) is 3.10. The zero-order valence-corrected chi connectivity index (χ0v) is 14.1. The lowest BCUT2D eigenvalue weighted by molar-refractivity contribution is -0.318. The van der Waals surface area contributed by atoms with Crippen LogP contribution in [-0.2, 0) is 4.79 Å². The Hall–Kier alpha value is -2.80. The summed E-state index contributed by atoms with van der Waals surface area (Å²) < 4.78 is 46.6. The van der Waals surface area contributed by atoms with Gasteiger partial charge >= 0.3 is 12.0 Å². The summed E-state index contributed by atoms with van der Waals surface area (Å²) in [5.41, 5.74) is 0.189. The number of fused-ring (bicyclic) bond motifs is 1. The summed E-state index contributed by atoms with van der Waals surface area (Å²) in [6.07, 6.45) is -3.93. The predicted molar refractivity (Wildman–Crippen MR) is 91.4 cm³/mol. The zero-order chi connectivity index (χ0) is 19.2. The minimum absolute atomic E-state index is 0.0891. The Labute approximate surface area is 153 Å². The Balaban J connectivity index is 1.99. The number of halogens is 3. The van der Waals surface area contributed by atoms with Gasteiger partial charge in [0, 0.05) is 17.1 Å². The third kappa shape index (κ3) is 2.98. The van der Waals surface area contributed by atoms with Gasteiger partial charge in [0.2, 0.25) is 5.91 Å². The van der Waals surface area contributed by atoms with Crippen LogP contribution in [0.5, 0.6) is 5.75 Å². The number of nitrogens with one attached hydrogen (secondary N) is 1. The highest BCUT2D eigenvalue weighted by molar-refractivity contribution is 5.91. The molecule has 1 aliphatic carbocycles. The van der Waals surface area contributed by atoms with Crippen molar-refractivity contribution < 1.29 is 27.8 Å². The van der Waals surface area contributed by atoms with E-state index in [1.807, 2.05) is 0 Å². The van der Waals surface area contributed by atoms with Crippen molar-refractivity contribution in [2.45, 2.75) is 24.8 Å². The van der Waals surface area contributed by atoms with Crippen LogP contribution in [0.15, 0.2) is 60.3 Å². The molecule has 0 aromatic heterocycles. The maximum Gasteiger partial charge on any atom is 0.462 e. The number of para-hydroxylation sites is 1. The van der Waals surface area contributed by atoms with E-state index in [4.69, 9.17) is 4.74 Å². The van der Waals surface area contributed by atoms with Crippen LogP contribution >= 0.6 is 0 Å². The highest BCUT2D eigenvalue weighted by Gasteiger charge is 2.63. The van der Waals surface area contributed by atoms with Gasteiger partial charge in [-0.1, -0.05) is 48.5 Å². The van der Waals surface area contributed by atoms with Crippen molar-refractivity contribution in [2.75, 3.05) is 0 Å². The number of rotatable bonds is 3. The quantitative estimate of drug-likeness (QED) is 0.862. The molecule has 2 aliphatic rings. The second kappa shape index (κ2) is 6.13. The first kappa shape index (κ1) is 17.6. The summed E-state index contributed by atoms with van der Waals surface area (Å²) in [6, 6.07) is 14.4. The van der Waals surface area contributed by atoms with Crippen LogP contribution in [0.25, 0.3) is 5.57 Å². The third-order valence-corrected chi connectivity index (χ3v) is 4.65. The van der Waals surface area contributed by atoms with Crippen molar-refractivity contribution in [2.24, 2.45) is 5.92 Å². The van der Waals surface area contributed by atoms with Crippen molar-refractivity contribution in [1.82, 2.24) is 5.32 Å². The molecule has 7 heteroatoms. The van der Waals surface area contributed by atoms with E-state index in [1.54, 1.807) is 42.5 Å². The van der Waals surface area contributed by atoms with Crippen LogP contribution in [0.3, 0.4) is 0 Å². The number of hydrogen-bond donors (Lipinski definition) is 2. The Bertz CT molecular complexity index is 920. The summed E-state index contributed by atoms with van der Waals surface area (Å²) in [7, 11) is 0. The number of benzene rings is 2. The molecule has 0 saturated heterocycles. The number of alkyl halides is 3. The first-order valence-corrected chi connectivity index (χ1v) is 8.50. The molecule has 4 nitrogen and oxygen atoms in total. The molecule has 1 amide bonds. The molecule has 1 saturated carbocycles. The van der Waals surface area contributed by atoms with Gasteiger partial charge in [0.1, 0.15) is 11.4 Å². The normalized spacial score (nSPS) is 22.1. The molecular weight excluding hydrogens is 359 g/mol. The second-order valence-electron chi connectivity index (χ2n) is 6.62. The first-order valence-electron chi connectivity index (χ1n) is 8.50. The van der Waals surface area contributed by atoms with Gasteiger partial charge in [-0.3, -0.25) is 4.79 Å². The number of amides is 1. The molecule has 2 aromatic rings. The van der Waals surface area contributed by atoms with Crippen molar-refractivity contribution in [3.8, 4) is 5.75 Å². The van der Waals surface area contributed by atoms with Crippen LogP contribution in [0.2, 0.25) is 0 Å². The molecule has 140 valence electrons. The average molecular weight is 375 g/mol. The lowest BCUT2D eigenvalue weighted by atomic mass is 9.89. The van der Waals surface area contributed by atoms with Crippen LogP contribution in [0, 0.1) is 5.92 Å². The minimum Gasteiger partial charge on any atom is -0.448 e. The van der Waals surface area contributed by atoms with Gasteiger partial charge in [-0.25, -0.2) is 0 Å². The smallest absolute Gasteiger partial charge is 0.448 e. The van der Waals surface area contributed by atoms with Crippen molar-refractivity contribution in [3.05, 3.63) is 71.4 Å². The Kier molecular flexibility index (Phi) is 3.99. The van der Waals surface area contributed by atoms with E-state index >= 15 is 0 Å². The molecule has 0 spiro atoms. The number of aliphatic hydroxyl groups is 1. The lowest BCUT2D eigenvalue weighted by Crippen LogP contribution is -2.57. The van der Waals surface area contributed by atoms with E-state index in [0.29, 0.717) is 24.0 Å². The molecule has 1 aliphatic heterocycles. The van der Waals surface area contributed by atoms with Crippen LogP contribution in [0.1, 0.15) is 24.0 Å². The van der Waals surface area contributed by atoms with Crippen LogP contribution in [0.4, 0.5) is 13.2 Å². The maximum absolute atomic E-state index is 13.9. The number of carbonyl (C=O) groups is 1. The van der Waals surface area contributed by atoms with Gasteiger partial charge in [0.05, 0.1) is 0 Å². The van der Waals surface area contributed by atoms with Crippen LogP contribution in [-0.4, -0.2) is 23.0 Å². The van der Waals surface area contributed by atoms with Gasteiger partial charge in [0.15, 0.2) is 0 Å². The zero-order valence-electron chi connectivity index (χ0n) is 14.1. The molecule has 0 bridgehead atoms. The maximum atomic E-state index is 13.9. The molecule has 2 aromatic carbocycles. The van der Waals surface area contributed by atoms with E-state index in [2.05, 4.69) is 5.32 Å². The summed E-state index contributed by atoms with van der Waals surface area (Å²) in [4.78, 5) is 12.3. The number of ether oxygens (including phenoxy) is 1. The van der Waals surface area contributed by atoms with Gasteiger partial charge in [0.25, 0.3) is 0 Å². The molecule has 1 fully saturated rings. The molecule has 1 atom stereocenters. The number of hydrogen-bond acceptors (Lipinski definition) is 3. The summed E-state index contributed by atoms with van der Waals surface area (Å²) in [6.45, 7) is 0. The fraction of sp³-hybridized carbons (Fsp3) is 0.250. The van der Waals surface area contributed by atoms with Crippen LogP contribution < -0.4 is 10.1 Å². The predicted octanol–water partition coefficient (Wildman–Crippen LogP) is 3.62. The van der Waals surface area contributed by atoms with Gasteiger partial charge in [-0.15, -0.1) is 0 Å². The molecule has 2 N–H and O–H groups in total. The highest BCUT2D eigenvalue weighted by atomic mass is 19.4. The summed E-state index contributed by atoms with van der Waals surface area (Å²) in [5, 5.41) is 12.9. The molecule has 27 heavy (non-hydrogen) atoms. The van der Waals surface area contributed by atoms with E-state index in [1.165, 1.54) is 12.1 Å². The highest BCUT2D eigenvalue weighted by Crippen LogP contribution is 2.48. The molecule has 4 rings (SSSR count).